The minimum absolute atomic E-state index is 0.108. The van der Waals surface area contributed by atoms with Gasteiger partial charge in [-0.05, 0) is 30.7 Å². The second kappa shape index (κ2) is 5.91. The third-order valence-electron chi connectivity index (χ3n) is 2.44. The third kappa shape index (κ3) is 4.26. The van der Waals surface area contributed by atoms with Gasteiger partial charge < -0.3 is 10.1 Å². The van der Waals surface area contributed by atoms with Crippen molar-refractivity contribution in [3.8, 4) is 0 Å². The van der Waals surface area contributed by atoms with Crippen molar-refractivity contribution in [2.24, 2.45) is 0 Å². The van der Waals surface area contributed by atoms with Gasteiger partial charge in [0.05, 0.1) is 12.2 Å². The summed E-state index contributed by atoms with van der Waals surface area (Å²) in [6, 6.07) is 5.11. The lowest BCUT2D eigenvalue weighted by Crippen LogP contribution is -2.23. The predicted octanol–water partition coefficient (Wildman–Crippen LogP) is 3.54. The Kier molecular flexibility index (Phi) is 4.81. The largest absolute Gasteiger partial charge is 0.416 e. The summed E-state index contributed by atoms with van der Waals surface area (Å²) in [5.74, 6) is 0. The molecule has 0 spiro atoms. The molecule has 17 heavy (non-hydrogen) atoms. The molecule has 0 saturated carbocycles. The number of halogens is 3. The number of nitrogens with one attached hydrogen (secondary N) is 1. The average molecular weight is 247 g/mol. The van der Waals surface area contributed by atoms with Crippen LogP contribution in [0.4, 0.5) is 18.9 Å². The van der Waals surface area contributed by atoms with Crippen molar-refractivity contribution in [1.29, 1.82) is 0 Å². The fraction of sp³-hybridized carbons (Fsp3) is 0.500. The van der Waals surface area contributed by atoms with Gasteiger partial charge in [-0.2, -0.15) is 13.2 Å². The lowest BCUT2D eigenvalue weighted by molar-refractivity contribution is -0.137. The standard InChI is InChI=1S/C12H16F3NO/c1-3-10(8-17-2)16-11-6-4-9(5-7-11)12(13,14)15/h4-7,10,16H,3,8H2,1-2H3. The molecule has 0 aliphatic carbocycles. The molecule has 0 bridgehead atoms. The highest BCUT2D eigenvalue weighted by Crippen LogP contribution is 2.29. The van der Waals surface area contributed by atoms with E-state index in [1.165, 1.54) is 12.1 Å². The van der Waals surface area contributed by atoms with Crippen molar-refractivity contribution in [3.63, 3.8) is 0 Å². The molecule has 0 saturated heterocycles. The summed E-state index contributed by atoms with van der Waals surface area (Å²) in [5.41, 5.74) is 0.0322. The van der Waals surface area contributed by atoms with Crippen LogP contribution < -0.4 is 5.32 Å². The summed E-state index contributed by atoms with van der Waals surface area (Å²) in [6.45, 7) is 2.51. The van der Waals surface area contributed by atoms with E-state index in [2.05, 4.69) is 5.32 Å². The van der Waals surface area contributed by atoms with Crippen LogP contribution in [0.3, 0.4) is 0 Å². The first-order chi connectivity index (χ1) is 7.97. The molecule has 96 valence electrons. The number of ether oxygens (including phenoxy) is 1. The summed E-state index contributed by atoms with van der Waals surface area (Å²) in [4.78, 5) is 0. The Morgan fingerprint density at radius 1 is 1.24 bits per heavy atom. The maximum absolute atomic E-state index is 12.3. The lowest BCUT2D eigenvalue weighted by Gasteiger charge is -2.17. The normalized spacial score (nSPS) is 13.5. The Hall–Kier alpha value is -1.23. The van der Waals surface area contributed by atoms with Crippen LogP contribution in [-0.2, 0) is 10.9 Å². The smallest absolute Gasteiger partial charge is 0.383 e. The lowest BCUT2D eigenvalue weighted by atomic mass is 10.1. The Labute approximate surface area is 98.8 Å². The Balaban J connectivity index is 2.68. The molecule has 0 radical (unpaired) electrons. The third-order valence-corrected chi connectivity index (χ3v) is 2.44. The summed E-state index contributed by atoms with van der Waals surface area (Å²) in [5, 5.41) is 3.12. The molecule has 5 heteroatoms. The molecule has 1 unspecified atom stereocenters. The zero-order valence-electron chi connectivity index (χ0n) is 9.84. The van der Waals surface area contributed by atoms with Gasteiger partial charge in [-0.3, -0.25) is 0 Å². The molecule has 0 aliphatic heterocycles. The SMILES string of the molecule is CCC(COC)Nc1ccc(C(F)(F)F)cc1. The highest BCUT2D eigenvalue weighted by atomic mass is 19.4. The van der Waals surface area contributed by atoms with Crippen LogP contribution in [0, 0.1) is 0 Å². The summed E-state index contributed by atoms with van der Waals surface area (Å²) in [7, 11) is 1.59. The van der Waals surface area contributed by atoms with Gasteiger partial charge in [0, 0.05) is 18.8 Å². The van der Waals surface area contributed by atoms with E-state index >= 15 is 0 Å². The molecule has 1 atom stereocenters. The average Bonchev–Trinajstić information content (AvgIpc) is 2.28. The quantitative estimate of drug-likeness (QED) is 0.859. The number of alkyl halides is 3. The van der Waals surface area contributed by atoms with Crippen molar-refractivity contribution in [3.05, 3.63) is 29.8 Å². The Bertz CT molecular complexity index is 335. The van der Waals surface area contributed by atoms with E-state index in [1.54, 1.807) is 7.11 Å². The zero-order valence-corrected chi connectivity index (χ0v) is 9.84. The van der Waals surface area contributed by atoms with Gasteiger partial charge in [-0.1, -0.05) is 6.92 Å². The van der Waals surface area contributed by atoms with Gasteiger partial charge in [0.15, 0.2) is 0 Å². The minimum Gasteiger partial charge on any atom is -0.383 e. The first kappa shape index (κ1) is 13.8. The molecule has 0 heterocycles. The summed E-state index contributed by atoms with van der Waals surface area (Å²) in [6.07, 6.45) is -3.44. The van der Waals surface area contributed by atoms with E-state index < -0.39 is 11.7 Å². The van der Waals surface area contributed by atoms with Gasteiger partial charge in [-0.25, -0.2) is 0 Å². The number of rotatable bonds is 5. The minimum atomic E-state index is -4.28. The fourth-order valence-electron chi connectivity index (χ4n) is 1.45. The predicted molar refractivity (Wildman–Crippen MR) is 61.0 cm³/mol. The van der Waals surface area contributed by atoms with Crippen molar-refractivity contribution in [2.45, 2.75) is 25.6 Å². The van der Waals surface area contributed by atoms with E-state index in [0.717, 1.165) is 18.6 Å². The first-order valence-electron chi connectivity index (χ1n) is 5.40. The molecule has 1 N–H and O–H groups in total. The van der Waals surface area contributed by atoms with E-state index in [0.29, 0.717) is 12.3 Å². The topological polar surface area (TPSA) is 21.3 Å². The molecular formula is C12H16F3NO. The second-order valence-electron chi connectivity index (χ2n) is 3.78. The van der Waals surface area contributed by atoms with Gasteiger partial charge in [-0.15, -0.1) is 0 Å². The van der Waals surface area contributed by atoms with Crippen LogP contribution in [0.1, 0.15) is 18.9 Å². The van der Waals surface area contributed by atoms with Gasteiger partial charge >= 0.3 is 6.18 Å². The second-order valence-corrected chi connectivity index (χ2v) is 3.78. The molecule has 2 nitrogen and oxygen atoms in total. The molecule has 0 fully saturated rings. The van der Waals surface area contributed by atoms with Crippen LogP contribution >= 0.6 is 0 Å². The van der Waals surface area contributed by atoms with E-state index in [-0.39, 0.29) is 6.04 Å². The van der Waals surface area contributed by atoms with Crippen molar-refractivity contribution in [2.75, 3.05) is 19.0 Å². The maximum Gasteiger partial charge on any atom is 0.416 e. The molecule has 0 aliphatic rings. The number of benzene rings is 1. The molecule has 0 aromatic heterocycles. The van der Waals surface area contributed by atoms with Crippen molar-refractivity contribution in [1.82, 2.24) is 0 Å². The summed E-state index contributed by atoms with van der Waals surface area (Å²) < 4.78 is 42.0. The van der Waals surface area contributed by atoms with Gasteiger partial charge in [0.2, 0.25) is 0 Å². The fourth-order valence-corrected chi connectivity index (χ4v) is 1.45. The van der Waals surface area contributed by atoms with Gasteiger partial charge in [0.1, 0.15) is 0 Å². The number of methoxy groups -OCH3 is 1. The Morgan fingerprint density at radius 2 is 1.82 bits per heavy atom. The maximum atomic E-state index is 12.3. The van der Waals surface area contributed by atoms with Crippen molar-refractivity contribution >= 4 is 5.69 Å². The van der Waals surface area contributed by atoms with E-state index in [4.69, 9.17) is 4.74 Å². The van der Waals surface area contributed by atoms with Crippen LogP contribution in [0.25, 0.3) is 0 Å². The van der Waals surface area contributed by atoms with E-state index in [1.807, 2.05) is 6.92 Å². The first-order valence-corrected chi connectivity index (χ1v) is 5.40. The van der Waals surface area contributed by atoms with Gasteiger partial charge in [0.25, 0.3) is 0 Å². The monoisotopic (exact) mass is 247 g/mol. The number of hydrogen-bond donors (Lipinski definition) is 1. The number of anilines is 1. The highest BCUT2D eigenvalue weighted by molar-refractivity contribution is 5.45. The summed E-state index contributed by atoms with van der Waals surface area (Å²) >= 11 is 0. The number of hydrogen-bond acceptors (Lipinski definition) is 2. The highest BCUT2D eigenvalue weighted by Gasteiger charge is 2.29. The Morgan fingerprint density at radius 3 is 2.24 bits per heavy atom. The van der Waals surface area contributed by atoms with Crippen LogP contribution in [0.2, 0.25) is 0 Å². The van der Waals surface area contributed by atoms with Crippen LogP contribution in [-0.4, -0.2) is 19.8 Å². The molecule has 1 aromatic rings. The van der Waals surface area contributed by atoms with Crippen LogP contribution in [0.5, 0.6) is 0 Å². The van der Waals surface area contributed by atoms with E-state index in [9.17, 15) is 13.2 Å². The van der Waals surface area contributed by atoms with Crippen LogP contribution in [0.15, 0.2) is 24.3 Å². The molecule has 1 aromatic carbocycles. The molecular weight excluding hydrogens is 231 g/mol. The molecule has 1 rings (SSSR count). The zero-order chi connectivity index (χ0) is 12.9. The van der Waals surface area contributed by atoms with Crippen molar-refractivity contribution < 1.29 is 17.9 Å². The molecule has 0 amide bonds.